The summed E-state index contributed by atoms with van der Waals surface area (Å²) in [4.78, 5) is 30.4. The molecule has 4 nitrogen and oxygen atoms in total. The van der Waals surface area contributed by atoms with Gasteiger partial charge in [0.1, 0.15) is 0 Å². The van der Waals surface area contributed by atoms with E-state index in [2.05, 4.69) is 6.08 Å². The molecule has 1 aliphatic rings. The minimum Gasteiger partial charge on any atom is -0.293 e. The lowest BCUT2D eigenvalue weighted by atomic mass is 9.97. The van der Waals surface area contributed by atoms with Crippen LogP contribution in [-0.2, 0) is 6.54 Å². The average molecular weight is 405 g/mol. The maximum absolute atomic E-state index is 13.1. The molecule has 0 saturated carbocycles. The summed E-state index contributed by atoms with van der Waals surface area (Å²) >= 11 is 1.35. The summed E-state index contributed by atoms with van der Waals surface area (Å²) in [7, 11) is 0. The largest absolute Gasteiger partial charge is 0.293 e. The molecular formula is C24H24N2O2S. The standard InChI is InChI=1S/C24H24N2O2S/c27-22(19-11-5-2-6-12-19)17-29-24-25-21-14-8-7-13-20(21)23(28)26(24)16-15-18-9-3-1-4-10-18/h2,5-9,11-14H,1,3-4,10,15-17H2. The van der Waals surface area contributed by atoms with Gasteiger partial charge in [-0.2, -0.15) is 0 Å². The number of fused-ring (bicyclic) bond motifs is 1. The van der Waals surface area contributed by atoms with Crippen molar-refractivity contribution in [1.82, 2.24) is 9.55 Å². The molecule has 148 valence electrons. The number of nitrogens with zero attached hydrogens (tertiary/aromatic N) is 2. The molecule has 0 bridgehead atoms. The number of para-hydroxylation sites is 1. The molecular weight excluding hydrogens is 380 g/mol. The molecule has 1 aliphatic carbocycles. The van der Waals surface area contributed by atoms with Crippen LogP contribution in [0.3, 0.4) is 0 Å². The summed E-state index contributed by atoms with van der Waals surface area (Å²) in [6.07, 6.45) is 7.90. The van der Waals surface area contributed by atoms with Crippen molar-refractivity contribution >= 4 is 28.4 Å². The SMILES string of the molecule is O=C(CSc1nc2ccccc2c(=O)n1CCC1=CCCCC1)c1ccccc1. The molecule has 4 rings (SSSR count). The van der Waals surface area contributed by atoms with Gasteiger partial charge in [0.2, 0.25) is 0 Å². The first-order chi connectivity index (χ1) is 14.2. The quantitative estimate of drug-likeness (QED) is 0.233. The van der Waals surface area contributed by atoms with E-state index in [1.54, 1.807) is 4.57 Å². The Hall–Kier alpha value is -2.66. The van der Waals surface area contributed by atoms with Crippen LogP contribution in [0.25, 0.3) is 10.9 Å². The van der Waals surface area contributed by atoms with Crippen molar-refractivity contribution in [3.8, 4) is 0 Å². The number of benzene rings is 2. The van der Waals surface area contributed by atoms with Gasteiger partial charge in [-0.25, -0.2) is 4.98 Å². The van der Waals surface area contributed by atoms with Crippen molar-refractivity contribution < 1.29 is 4.79 Å². The summed E-state index contributed by atoms with van der Waals surface area (Å²) in [5.74, 6) is 0.303. The van der Waals surface area contributed by atoms with Crippen LogP contribution >= 0.6 is 11.8 Å². The van der Waals surface area contributed by atoms with Gasteiger partial charge in [0, 0.05) is 12.1 Å². The Balaban J connectivity index is 1.61. The predicted octanol–water partition coefficient (Wildman–Crippen LogP) is 5.26. The summed E-state index contributed by atoms with van der Waals surface area (Å²) < 4.78 is 1.75. The van der Waals surface area contributed by atoms with E-state index >= 15 is 0 Å². The first-order valence-electron chi connectivity index (χ1n) is 10.1. The van der Waals surface area contributed by atoms with Crippen molar-refractivity contribution in [3.05, 3.63) is 82.2 Å². The van der Waals surface area contributed by atoms with E-state index in [0.717, 1.165) is 19.3 Å². The zero-order valence-corrected chi connectivity index (χ0v) is 17.2. The van der Waals surface area contributed by atoms with E-state index in [4.69, 9.17) is 4.98 Å². The normalized spacial score (nSPS) is 14.0. The van der Waals surface area contributed by atoms with Crippen LogP contribution in [0.1, 0.15) is 42.5 Å². The second-order valence-electron chi connectivity index (χ2n) is 7.30. The molecule has 1 aromatic heterocycles. The Morgan fingerprint density at radius 1 is 1.03 bits per heavy atom. The molecule has 0 N–H and O–H groups in total. The van der Waals surface area contributed by atoms with E-state index < -0.39 is 0 Å². The molecule has 0 fully saturated rings. The number of hydrogen-bond donors (Lipinski definition) is 0. The molecule has 0 aliphatic heterocycles. The van der Waals surface area contributed by atoms with E-state index in [1.165, 1.54) is 30.2 Å². The lowest BCUT2D eigenvalue weighted by molar-refractivity contribution is 0.102. The Bertz CT molecular complexity index is 1100. The highest BCUT2D eigenvalue weighted by Crippen LogP contribution is 2.23. The zero-order chi connectivity index (χ0) is 20.1. The van der Waals surface area contributed by atoms with E-state index in [9.17, 15) is 9.59 Å². The van der Waals surface area contributed by atoms with Gasteiger partial charge in [0.05, 0.1) is 16.7 Å². The fourth-order valence-electron chi connectivity index (χ4n) is 3.68. The maximum Gasteiger partial charge on any atom is 0.262 e. The number of Topliss-reactive ketones (excluding diaryl/α,β-unsaturated/α-hetero) is 1. The third-order valence-corrected chi connectivity index (χ3v) is 6.27. The van der Waals surface area contributed by atoms with E-state index in [1.807, 2.05) is 54.6 Å². The molecule has 0 spiro atoms. The van der Waals surface area contributed by atoms with Crippen molar-refractivity contribution in [2.24, 2.45) is 0 Å². The second kappa shape index (κ2) is 9.23. The van der Waals surface area contributed by atoms with Gasteiger partial charge < -0.3 is 0 Å². The van der Waals surface area contributed by atoms with Gasteiger partial charge in [-0.05, 0) is 44.2 Å². The third-order valence-electron chi connectivity index (χ3n) is 5.30. The van der Waals surface area contributed by atoms with Gasteiger partial charge in [0.15, 0.2) is 10.9 Å². The first kappa shape index (κ1) is 19.6. The van der Waals surface area contributed by atoms with Crippen molar-refractivity contribution in [1.29, 1.82) is 0 Å². The third kappa shape index (κ3) is 4.67. The minimum absolute atomic E-state index is 0.0262. The molecule has 0 saturated heterocycles. The summed E-state index contributed by atoms with van der Waals surface area (Å²) in [6, 6.07) is 16.7. The number of carbonyl (C=O) groups excluding carboxylic acids is 1. The lowest BCUT2D eigenvalue weighted by Gasteiger charge is -2.16. The molecule has 0 unspecified atom stereocenters. The van der Waals surface area contributed by atoms with E-state index in [0.29, 0.717) is 28.2 Å². The zero-order valence-electron chi connectivity index (χ0n) is 16.3. The Morgan fingerprint density at radius 2 is 1.83 bits per heavy atom. The van der Waals surface area contributed by atoms with Crippen molar-refractivity contribution in [2.45, 2.75) is 43.8 Å². The van der Waals surface area contributed by atoms with Crippen LogP contribution in [0.5, 0.6) is 0 Å². The van der Waals surface area contributed by atoms with Crippen LogP contribution in [0, 0.1) is 0 Å². The summed E-state index contributed by atoms with van der Waals surface area (Å²) in [5.41, 5.74) is 2.76. The second-order valence-corrected chi connectivity index (χ2v) is 8.25. The molecule has 3 aromatic rings. The molecule has 1 heterocycles. The Morgan fingerprint density at radius 3 is 2.62 bits per heavy atom. The highest BCUT2D eigenvalue weighted by molar-refractivity contribution is 7.99. The number of thioether (sulfide) groups is 1. The van der Waals surface area contributed by atoms with E-state index in [-0.39, 0.29) is 17.1 Å². The molecule has 0 atom stereocenters. The van der Waals surface area contributed by atoms with Gasteiger partial charge in [-0.3, -0.25) is 14.2 Å². The Kier molecular flexibility index (Phi) is 6.25. The number of rotatable bonds is 7. The van der Waals surface area contributed by atoms with Gasteiger partial charge in [-0.15, -0.1) is 0 Å². The number of ketones is 1. The molecule has 29 heavy (non-hydrogen) atoms. The Labute approximate surface area is 174 Å². The van der Waals surface area contributed by atoms with Crippen LogP contribution in [0.15, 0.2) is 76.2 Å². The summed E-state index contributed by atoms with van der Waals surface area (Å²) in [5, 5.41) is 1.25. The van der Waals surface area contributed by atoms with Crippen molar-refractivity contribution in [2.75, 3.05) is 5.75 Å². The number of hydrogen-bond acceptors (Lipinski definition) is 4. The average Bonchev–Trinajstić information content (AvgIpc) is 2.78. The highest BCUT2D eigenvalue weighted by Gasteiger charge is 2.15. The number of allylic oxidation sites excluding steroid dienone is 2. The monoisotopic (exact) mass is 404 g/mol. The highest BCUT2D eigenvalue weighted by atomic mass is 32.2. The molecule has 0 amide bonds. The first-order valence-corrected chi connectivity index (χ1v) is 11.1. The van der Waals surface area contributed by atoms with Crippen LogP contribution in [-0.4, -0.2) is 21.1 Å². The molecule has 5 heteroatoms. The molecule has 0 radical (unpaired) electrons. The number of aromatic nitrogens is 2. The maximum atomic E-state index is 13.1. The van der Waals surface area contributed by atoms with Crippen LogP contribution < -0.4 is 5.56 Å². The van der Waals surface area contributed by atoms with Crippen LogP contribution in [0.2, 0.25) is 0 Å². The van der Waals surface area contributed by atoms with Gasteiger partial charge in [0.25, 0.3) is 5.56 Å². The smallest absolute Gasteiger partial charge is 0.262 e. The lowest BCUT2D eigenvalue weighted by Crippen LogP contribution is -2.24. The fraction of sp³-hybridized carbons (Fsp3) is 0.292. The minimum atomic E-state index is -0.0262. The fourth-order valence-corrected chi connectivity index (χ4v) is 4.60. The summed E-state index contributed by atoms with van der Waals surface area (Å²) in [6.45, 7) is 0.602. The number of carbonyl (C=O) groups is 1. The predicted molar refractivity (Wildman–Crippen MR) is 119 cm³/mol. The topological polar surface area (TPSA) is 52.0 Å². The van der Waals surface area contributed by atoms with Gasteiger partial charge >= 0.3 is 0 Å². The van der Waals surface area contributed by atoms with Gasteiger partial charge in [-0.1, -0.05) is 65.9 Å². The molecule has 2 aromatic carbocycles. The van der Waals surface area contributed by atoms with Crippen molar-refractivity contribution in [3.63, 3.8) is 0 Å². The van der Waals surface area contributed by atoms with Crippen LogP contribution in [0.4, 0.5) is 0 Å².